The van der Waals surface area contributed by atoms with Crippen molar-refractivity contribution in [3.05, 3.63) is 35.4 Å². The van der Waals surface area contributed by atoms with E-state index in [0.29, 0.717) is 11.5 Å². The van der Waals surface area contributed by atoms with Crippen LogP contribution >= 0.6 is 0 Å². The Hall–Kier alpha value is -1.03. The first-order valence-corrected chi connectivity index (χ1v) is 5.62. The summed E-state index contributed by atoms with van der Waals surface area (Å²) in [5.74, 6) is 0.323. The third-order valence-electron chi connectivity index (χ3n) is 3.37. The molecular weight excluding hydrogens is 229 g/mol. The van der Waals surface area contributed by atoms with Gasteiger partial charge in [-0.1, -0.05) is 38.1 Å². The van der Waals surface area contributed by atoms with Gasteiger partial charge in [0.1, 0.15) is 5.41 Å². The second kappa shape index (κ2) is 4.02. The third kappa shape index (κ3) is 1.95. The van der Waals surface area contributed by atoms with Gasteiger partial charge >= 0.3 is 6.18 Å². The highest BCUT2D eigenvalue weighted by Crippen LogP contribution is 2.46. The lowest BCUT2D eigenvalue weighted by Crippen LogP contribution is -2.57. The monoisotopic (exact) mass is 244 g/mol. The smallest absolute Gasteiger partial charge is 0.379 e. The zero-order chi connectivity index (χ0) is 12.7. The van der Waals surface area contributed by atoms with E-state index >= 15 is 0 Å². The molecule has 2 rings (SSSR count). The Morgan fingerprint density at radius 3 is 1.94 bits per heavy atom. The zero-order valence-corrected chi connectivity index (χ0v) is 9.84. The quantitative estimate of drug-likeness (QED) is 0.771. The molecule has 0 aliphatic carbocycles. The summed E-state index contributed by atoms with van der Waals surface area (Å²) in [6.07, 6.45) is -4.25. The maximum absolute atomic E-state index is 13.0. The van der Waals surface area contributed by atoms with E-state index in [-0.39, 0.29) is 13.2 Å². The first kappa shape index (κ1) is 12.4. The molecule has 1 aromatic carbocycles. The number of hydrogen-bond acceptors (Lipinski definition) is 1. The normalized spacial score (nSPS) is 19.2. The zero-order valence-electron chi connectivity index (χ0n) is 9.84. The van der Waals surface area contributed by atoms with Crippen LogP contribution in [-0.4, -0.2) is 19.4 Å². The summed E-state index contributed by atoms with van der Waals surface area (Å²) in [5, 5.41) is 0. The van der Waals surface area contributed by atoms with E-state index in [2.05, 4.69) is 0 Å². The van der Waals surface area contributed by atoms with Crippen molar-refractivity contribution in [2.45, 2.75) is 31.4 Å². The molecule has 1 aromatic rings. The van der Waals surface area contributed by atoms with Crippen LogP contribution in [0.4, 0.5) is 13.2 Å². The van der Waals surface area contributed by atoms with Gasteiger partial charge in [0.25, 0.3) is 0 Å². The number of rotatable bonds is 2. The van der Waals surface area contributed by atoms with Gasteiger partial charge in [-0.05, 0) is 17.0 Å². The Morgan fingerprint density at radius 1 is 1.12 bits per heavy atom. The molecular formula is C13H15F3O. The largest absolute Gasteiger partial charge is 0.402 e. The second-order valence-electron chi connectivity index (χ2n) is 4.85. The first-order chi connectivity index (χ1) is 7.87. The van der Waals surface area contributed by atoms with Crippen LogP contribution < -0.4 is 0 Å². The van der Waals surface area contributed by atoms with Crippen molar-refractivity contribution in [2.24, 2.45) is 0 Å². The maximum Gasteiger partial charge on any atom is 0.402 e. The summed E-state index contributed by atoms with van der Waals surface area (Å²) in [6, 6.07) is 6.69. The molecule has 1 saturated heterocycles. The number of hydrogen-bond donors (Lipinski definition) is 0. The lowest BCUT2D eigenvalue weighted by Gasteiger charge is -2.43. The second-order valence-corrected chi connectivity index (χ2v) is 4.85. The standard InChI is InChI=1S/C13H15F3O/c1-9(2)10-3-5-11(6-4-10)12(7-17-8-12)13(14,15)16/h3-6,9H,7-8H2,1-2H3. The van der Waals surface area contributed by atoms with E-state index in [1.54, 1.807) is 24.3 Å². The van der Waals surface area contributed by atoms with Crippen LogP contribution in [0, 0.1) is 0 Å². The van der Waals surface area contributed by atoms with Crippen LogP contribution in [0.5, 0.6) is 0 Å². The van der Waals surface area contributed by atoms with Crippen molar-refractivity contribution in [2.75, 3.05) is 13.2 Å². The van der Waals surface area contributed by atoms with E-state index in [4.69, 9.17) is 4.74 Å². The maximum atomic E-state index is 13.0. The van der Waals surface area contributed by atoms with Crippen molar-refractivity contribution in [1.29, 1.82) is 0 Å². The first-order valence-electron chi connectivity index (χ1n) is 5.62. The summed E-state index contributed by atoms with van der Waals surface area (Å²) in [7, 11) is 0. The van der Waals surface area contributed by atoms with E-state index in [1.165, 1.54) is 0 Å². The van der Waals surface area contributed by atoms with Gasteiger partial charge in [0.05, 0.1) is 13.2 Å². The molecule has 4 heteroatoms. The van der Waals surface area contributed by atoms with Crippen molar-refractivity contribution in [3.63, 3.8) is 0 Å². The van der Waals surface area contributed by atoms with E-state index in [0.717, 1.165) is 5.56 Å². The Balaban J connectivity index is 2.33. The van der Waals surface area contributed by atoms with Crippen molar-refractivity contribution in [3.8, 4) is 0 Å². The van der Waals surface area contributed by atoms with Crippen LogP contribution in [0.15, 0.2) is 24.3 Å². The molecule has 1 fully saturated rings. The van der Waals surface area contributed by atoms with Crippen molar-refractivity contribution >= 4 is 0 Å². The molecule has 0 N–H and O–H groups in total. The fourth-order valence-corrected chi connectivity index (χ4v) is 1.99. The minimum atomic E-state index is -4.25. The Bertz CT molecular complexity index is 388. The topological polar surface area (TPSA) is 9.23 Å². The van der Waals surface area contributed by atoms with Gasteiger partial charge in [-0.25, -0.2) is 0 Å². The molecule has 1 aliphatic heterocycles. The molecule has 0 unspecified atom stereocenters. The number of benzene rings is 1. The van der Waals surface area contributed by atoms with Gasteiger partial charge in [0, 0.05) is 0 Å². The van der Waals surface area contributed by atoms with Crippen molar-refractivity contribution < 1.29 is 17.9 Å². The van der Waals surface area contributed by atoms with Crippen LogP contribution in [0.3, 0.4) is 0 Å². The summed E-state index contributed by atoms with van der Waals surface area (Å²) in [6.45, 7) is 3.50. The van der Waals surface area contributed by atoms with Crippen molar-refractivity contribution in [1.82, 2.24) is 0 Å². The molecule has 17 heavy (non-hydrogen) atoms. The molecule has 0 saturated carbocycles. The number of ether oxygens (including phenoxy) is 1. The lowest BCUT2D eigenvalue weighted by atomic mass is 9.77. The fourth-order valence-electron chi connectivity index (χ4n) is 1.99. The van der Waals surface area contributed by atoms with Gasteiger partial charge in [-0.2, -0.15) is 13.2 Å². The molecule has 0 atom stereocenters. The molecule has 1 aliphatic rings. The summed E-state index contributed by atoms with van der Waals surface area (Å²) in [5.41, 5.74) is -0.436. The van der Waals surface area contributed by atoms with Gasteiger partial charge in [-0.3, -0.25) is 0 Å². The highest BCUT2D eigenvalue weighted by atomic mass is 19.4. The minimum absolute atomic E-state index is 0.266. The predicted molar refractivity (Wildman–Crippen MR) is 59.1 cm³/mol. The molecule has 1 heterocycles. The summed E-state index contributed by atoms with van der Waals surface area (Å²) < 4.78 is 43.8. The Labute approximate surface area is 98.6 Å². The van der Waals surface area contributed by atoms with Crippen LogP contribution in [0.2, 0.25) is 0 Å². The van der Waals surface area contributed by atoms with E-state index in [9.17, 15) is 13.2 Å². The van der Waals surface area contributed by atoms with E-state index < -0.39 is 11.6 Å². The van der Waals surface area contributed by atoms with Gasteiger partial charge in [0.2, 0.25) is 0 Å². The van der Waals surface area contributed by atoms with Gasteiger partial charge in [-0.15, -0.1) is 0 Å². The third-order valence-corrected chi connectivity index (χ3v) is 3.37. The summed E-state index contributed by atoms with van der Waals surface area (Å²) >= 11 is 0. The Morgan fingerprint density at radius 2 is 1.65 bits per heavy atom. The SMILES string of the molecule is CC(C)c1ccc(C2(C(F)(F)F)COC2)cc1. The molecule has 0 aromatic heterocycles. The lowest BCUT2D eigenvalue weighted by molar-refractivity contribution is -0.262. The van der Waals surface area contributed by atoms with Gasteiger partial charge < -0.3 is 4.74 Å². The molecule has 0 amide bonds. The molecule has 94 valence electrons. The summed E-state index contributed by atoms with van der Waals surface area (Å²) in [4.78, 5) is 0. The molecule has 1 nitrogen and oxygen atoms in total. The highest BCUT2D eigenvalue weighted by Gasteiger charge is 2.60. The average molecular weight is 244 g/mol. The predicted octanol–water partition coefficient (Wildman–Crippen LogP) is 3.64. The number of alkyl halides is 3. The van der Waals surface area contributed by atoms with Crippen LogP contribution in [0.25, 0.3) is 0 Å². The molecule has 0 radical (unpaired) electrons. The van der Waals surface area contributed by atoms with Gasteiger partial charge in [0.15, 0.2) is 0 Å². The minimum Gasteiger partial charge on any atom is -0.379 e. The van der Waals surface area contributed by atoms with Crippen LogP contribution in [-0.2, 0) is 10.2 Å². The molecule has 0 bridgehead atoms. The molecule has 0 spiro atoms. The highest BCUT2D eigenvalue weighted by molar-refractivity contribution is 5.34. The Kier molecular flexibility index (Phi) is 2.94. The van der Waals surface area contributed by atoms with Crippen LogP contribution in [0.1, 0.15) is 30.9 Å². The fraction of sp³-hybridized carbons (Fsp3) is 0.538. The average Bonchev–Trinajstić information content (AvgIpc) is 2.14. The van der Waals surface area contributed by atoms with E-state index in [1.807, 2.05) is 13.8 Å². The number of halogens is 3.